The molecule has 3 nitrogen and oxygen atoms in total. The normalized spacial score (nSPS) is 27.6. The van der Waals surface area contributed by atoms with Gasteiger partial charge in [0.05, 0.1) is 12.7 Å². The highest BCUT2D eigenvalue weighted by Crippen LogP contribution is 2.36. The van der Waals surface area contributed by atoms with Crippen molar-refractivity contribution in [3.63, 3.8) is 0 Å². The molecule has 0 aliphatic carbocycles. The van der Waals surface area contributed by atoms with Gasteiger partial charge in [-0.2, -0.15) is 0 Å². The molecule has 0 unspecified atom stereocenters. The Morgan fingerprint density at radius 2 is 1.81 bits per heavy atom. The Hall–Kier alpha value is 0.160. The number of thiocarbonyl (C=S) groups is 1. The van der Waals surface area contributed by atoms with E-state index in [1.807, 2.05) is 20.1 Å². The summed E-state index contributed by atoms with van der Waals surface area (Å²) in [7, 11) is 0. The van der Waals surface area contributed by atoms with Gasteiger partial charge in [-0.3, -0.25) is 0 Å². The van der Waals surface area contributed by atoms with Gasteiger partial charge in [0.1, 0.15) is 6.10 Å². The fraction of sp³-hybridized carbons (Fsp3) is 0.952. The van der Waals surface area contributed by atoms with Crippen molar-refractivity contribution in [3.05, 3.63) is 0 Å². The molecule has 0 bridgehead atoms. The molecule has 0 radical (unpaired) electrons. The lowest BCUT2D eigenvalue weighted by atomic mass is 9.79. The SMILES string of the molecule is CSC(=S)O[C@H]([C@H](C)[C@H]1OC(C)(C)OC[C@@H]1C)[C@@H](C)C[C@@H](C)CC(C)C. The quantitative estimate of drug-likeness (QED) is 0.452. The average Bonchev–Trinajstić information content (AvgIpc) is 2.52. The van der Waals surface area contributed by atoms with Crippen molar-refractivity contribution in [2.24, 2.45) is 29.6 Å². The Labute approximate surface area is 171 Å². The van der Waals surface area contributed by atoms with E-state index in [0.717, 1.165) is 18.9 Å². The van der Waals surface area contributed by atoms with Gasteiger partial charge in [-0.05, 0) is 62.9 Å². The fourth-order valence-corrected chi connectivity index (χ4v) is 4.61. The van der Waals surface area contributed by atoms with Gasteiger partial charge >= 0.3 is 0 Å². The molecule has 5 heteroatoms. The summed E-state index contributed by atoms with van der Waals surface area (Å²) in [5.41, 5.74) is 0. The molecule has 1 aliphatic heterocycles. The topological polar surface area (TPSA) is 27.7 Å². The summed E-state index contributed by atoms with van der Waals surface area (Å²) < 4.78 is 19.0. The zero-order valence-corrected chi connectivity index (χ0v) is 19.8. The molecule has 1 saturated heterocycles. The van der Waals surface area contributed by atoms with Crippen molar-refractivity contribution in [1.82, 2.24) is 0 Å². The second-order valence-electron chi connectivity index (χ2n) is 9.11. The second kappa shape index (κ2) is 10.6. The summed E-state index contributed by atoms with van der Waals surface area (Å²) in [5, 5.41) is 0. The first-order chi connectivity index (χ1) is 12.0. The molecule has 0 saturated carbocycles. The van der Waals surface area contributed by atoms with E-state index < -0.39 is 5.79 Å². The maximum Gasteiger partial charge on any atom is 0.219 e. The van der Waals surface area contributed by atoms with Gasteiger partial charge in [0.2, 0.25) is 4.38 Å². The Morgan fingerprint density at radius 3 is 2.35 bits per heavy atom. The Balaban J connectivity index is 2.91. The van der Waals surface area contributed by atoms with Crippen molar-refractivity contribution >= 4 is 28.4 Å². The number of rotatable bonds is 8. The predicted molar refractivity (Wildman–Crippen MR) is 117 cm³/mol. The molecular formula is C21H40O3S2. The standard InChI is InChI=1S/C21H40O3S2/c1-13(2)10-14(3)11-15(4)18(23-20(25)26-9)17(6)19-16(5)12-22-21(7,8)24-19/h13-19H,10-12H2,1-9H3/t14-,15-,16-,17-,18-,19-/m0/s1. The van der Waals surface area contributed by atoms with Crippen LogP contribution in [0.1, 0.15) is 68.2 Å². The van der Waals surface area contributed by atoms with E-state index >= 15 is 0 Å². The molecule has 6 atom stereocenters. The van der Waals surface area contributed by atoms with E-state index in [9.17, 15) is 0 Å². The lowest BCUT2D eigenvalue weighted by Crippen LogP contribution is -2.51. The van der Waals surface area contributed by atoms with Gasteiger partial charge in [-0.15, -0.1) is 0 Å². The molecule has 0 aromatic rings. The van der Waals surface area contributed by atoms with E-state index in [-0.39, 0.29) is 18.1 Å². The summed E-state index contributed by atoms with van der Waals surface area (Å²) in [5.74, 6) is 1.87. The van der Waals surface area contributed by atoms with E-state index in [0.29, 0.717) is 22.1 Å². The van der Waals surface area contributed by atoms with E-state index in [4.69, 9.17) is 26.4 Å². The molecule has 0 aromatic heterocycles. The minimum absolute atomic E-state index is 0.0610. The van der Waals surface area contributed by atoms with Gasteiger partial charge < -0.3 is 14.2 Å². The van der Waals surface area contributed by atoms with Crippen molar-refractivity contribution in [1.29, 1.82) is 0 Å². The van der Waals surface area contributed by atoms with Gasteiger partial charge in [0, 0.05) is 11.8 Å². The van der Waals surface area contributed by atoms with Crippen LogP contribution < -0.4 is 0 Å². The van der Waals surface area contributed by atoms with E-state index in [2.05, 4.69) is 41.5 Å². The zero-order valence-electron chi connectivity index (χ0n) is 18.2. The number of ether oxygens (including phenoxy) is 3. The first kappa shape index (κ1) is 24.2. The van der Waals surface area contributed by atoms with Crippen LogP contribution in [0.5, 0.6) is 0 Å². The van der Waals surface area contributed by atoms with Crippen molar-refractivity contribution in [2.45, 2.75) is 86.2 Å². The van der Waals surface area contributed by atoms with E-state index in [1.54, 1.807) is 0 Å². The van der Waals surface area contributed by atoms with Crippen LogP contribution in [-0.4, -0.2) is 35.2 Å². The van der Waals surface area contributed by atoms with E-state index in [1.165, 1.54) is 18.2 Å². The third kappa shape index (κ3) is 7.65. The second-order valence-corrected chi connectivity index (χ2v) is 10.5. The van der Waals surface area contributed by atoms with Crippen molar-refractivity contribution in [3.8, 4) is 0 Å². The van der Waals surface area contributed by atoms with Crippen molar-refractivity contribution in [2.75, 3.05) is 12.9 Å². The van der Waals surface area contributed by atoms with Gasteiger partial charge in [-0.1, -0.05) is 53.3 Å². The van der Waals surface area contributed by atoms with Gasteiger partial charge in [0.25, 0.3) is 0 Å². The Kier molecular flexibility index (Phi) is 9.90. The molecule has 1 rings (SSSR count). The molecule has 0 aromatic carbocycles. The molecule has 0 N–H and O–H groups in total. The van der Waals surface area contributed by atoms with Crippen LogP contribution in [0.2, 0.25) is 0 Å². The minimum Gasteiger partial charge on any atom is -0.475 e. The number of hydrogen-bond donors (Lipinski definition) is 0. The maximum atomic E-state index is 6.31. The lowest BCUT2D eigenvalue weighted by Gasteiger charge is -2.45. The average molecular weight is 405 g/mol. The van der Waals surface area contributed by atoms with Crippen molar-refractivity contribution < 1.29 is 14.2 Å². The number of thioether (sulfide) groups is 1. The smallest absolute Gasteiger partial charge is 0.219 e. The molecule has 154 valence electrons. The van der Waals surface area contributed by atoms with Crippen LogP contribution in [0.25, 0.3) is 0 Å². The maximum absolute atomic E-state index is 6.31. The summed E-state index contributed by atoms with van der Waals surface area (Å²) in [4.78, 5) is 0. The molecule has 0 spiro atoms. The third-order valence-corrected chi connectivity index (χ3v) is 6.34. The first-order valence-corrected chi connectivity index (χ1v) is 11.7. The number of hydrogen-bond acceptors (Lipinski definition) is 5. The van der Waals surface area contributed by atoms with Crippen LogP contribution in [0, 0.1) is 29.6 Å². The Bertz CT molecular complexity index is 439. The minimum atomic E-state index is -0.538. The molecule has 1 heterocycles. The molecule has 1 fully saturated rings. The van der Waals surface area contributed by atoms with Crippen LogP contribution in [0.3, 0.4) is 0 Å². The van der Waals surface area contributed by atoms with Crippen LogP contribution in [-0.2, 0) is 14.2 Å². The largest absolute Gasteiger partial charge is 0.475 e. The van der Waals surface area contributed by atoms with Crippen LogP contribution in [0.4, 0.5) is 0 Å². The summed E-state index contributed by atoms with van der Waals surface area (Å²) in [6.45, 7) is 18.4. The molecule has 26 heavy (non-hydrogen) atoms. The Morgan fingerprint density at radius 1 is 1.19 bits per heavy atom. The fourth-order valence-electron chi connectivity index (χ4n) is 4.29. The highest BCUT2D eigenvalue weighted by molar-refractivity contribution is 8.22. The molecule has 1 aliphatic rings. The zero-order chi connectivity index (χ0) is 20.1. The molecular weight excluding hydrogens is 364 g/mol. The van der Waals surface area contributed by atoms with Gasteiger partial charge in [-0.25, -0.2) is 0 Å². The summed E-state index contributed by atoms with van der Waals surface area (Å²) in [6, 6.07) is 0. The van der Waals surface area contributed by atoms with Gasteiger partial charge in [0.15, 0.2) is 5.79 Å². The predicted octanol–water partition coefficient (Wildman–Crippen LogP) is 6.15. The third-order valence-electron chi connectivity index (χ3n) is 5.32. The van der Waals surface area contributed by atoms with Crippen LogP contribution in [0.15, 0.2) is 0 Å². The summed E-state index contributed by atoms with van der Waals surface area (Å²) >= 11 is 6.91. The summed E-state index contributed by atoms with van der Waals surface area (Å²) in [6.07, 6.45) is 4.54. The lowest BCUT2D eigenvalue weighted by molar-refractivity contribution is -0.304. The molecule has 0 amide bonds. The highest BCUT2D eigenvalue weighted by atomic mass is 32.2. The monoisotopic (exact) mass is 404 g/mol. The van der Waals surface area contributed by atoms with Crippen LogP contribution >= 0.6 is 24.0 Å². The first-order valence-electron chi connectivity index (χ1n) is 10.0. The highest BCUT2D eigenvalue weighted by Gasteiger charge is 2.42.